The third-order valence-corrected chi connectivity index (χ3v) is 7.29. The first-order valence-electron chi connectivity index (χ1n) is 8.02. The average Bonchev–Trinajstić information content (AvgIpc) is 2.99. The lowest BCUT2D eigenvalue weighted by molar-refractivity contribution is 0.589. The molecular formula is C19H21NO3S2. The van der Waals surface area contributed by atoms with Gasteiger partial charge in [-0.25, -0.2) is 8.42 Å². The summed E-state index contributed by atoms with van der Waals surface area (Å²) < 4.78 is 40.8. The molecule has 0 saturated heterocycles. The highest BCUT2D eigenvalue weighted by Gasteiger charge is 2.28. The topological polar surface area (TPSA) is 63.2 Å². The van der Waals surface area contributed by atoms with Gasteiger partial charge in [0.2, 0.25) is 0 Å². The van der Waals surface area contributed by atoms with E-state index in [0.717, 1.165) is 5.39 Å². The van der Waals surface area contributed by atoms with Gasteiger partial charge in [-0.05, 0) is 38.3 Å². The van der Waals surface area contributed by atoms with Gasteiger partial charge in [-0.15, -0.1) is 0 Å². The van der Waals surface area contributed by atoms with Crippen molar-refractivity contribution in [2.24, 2.45) is 0 Å². The van der Waals surface area contributed by atoms with Crippen LogP contribution in [0.3, 0.4) is 0 Å². The Morgan fingerprint density at radius 3 is 2.44 bits per heavy atom. The van der Waals surface area contributed by atoms with Crippen molar-refractivity contribution in [3.63, 3.8) is 0 Å². The number of hydrogen-bond acceptors (Lipinski definition) is 3. The molecule has 1 unspecified atom stereocenters. The molecule has 0 spiro atoms. The third-order valence-electron chi connectivity index (χ3n) is 3.94. The number of allylic oxidation sites excluding steroid dienone is 2. The summed E-state index contributed by atoms with van der Waals surface area (Å²) in [5, 5.41) is 1.53. The molecule has 1 atom stereocenters. The zero-order valence-corrected chi connectivity index (χ0v) is 16.1. The molecule has 3 rings (SSSR count). The monoisotopic (exact) mass is 375 g/mol. The van der Waals surface area contributed by atoms with E-state index in [2.05, 4.69) is 4.72 Å². The number of rotatable bonds is 4. The van der Waals surface area contributed by atoms with Gasteiger partial charge in [-0.1, -0.05) is 42.5 Å². The van der Waals surface area contributed by atoms with Crippen LogP contribution < -0.4 is 4.72 Å². The minimum atomic E-state index is -3.76. The van der Waals surface area contributed by atoms with E-state index in [1.165, 1.54) is 0 Å². The molecule has 0 saturated carbocycles. The van der Waals surface area contributed by atoms with Crippen LogP contribution in [0.5, 0.6) is 0 Å². The fourth-order valence-corrected chi connectivity index (χ4v) is 5.39. The standard InChI is InChI=1S/C19H21NO3S2/c1-19(2,3)24(21)17-12-7-11-16(17)20-25(22,23)18-13-6-9-14-8-4-5-10-15(14)18/h4-10,12-13,20H,11H2,1-3H3. The Kier molecular flexibility index (Phi) is 4.60. The van der Waals surface area contributed by atoms with Crippen LogP contribution in [-0.2, 0) is 20.8 Å². The molecule has 0 aromatic heterocycles. The van der Waals surface area contributed by atoms with E-state index in [4.69, 9.17) is 0 Å². The largest absolute Gasteiger partial charge is 0.282 e. The van der Waals surface area contributed by atoms with Crippen molar-refractivity contribution in [2.75, 3.05) is 0 Å². The van der Waals surface area contributed by atoms with Crippen LogP contribution >= 0.6 is 0 Å². The zero-order chi connectivity index (χ0) is 18.2. The van der Waals surface area contributed by atoms with E-state index in [1.807, 2.05) is 51.1 Å². The highest BCUT2D eigenvalue weighted by atomic mass is 32.2. The average molecular weight is 376 g/mol. The lowest BCUT2D eigenvalue weighted by Crippen LogP contribution is -2.27. The summed E-state index contributed by atoms with van der Waals surface area (Å²) in [5.41, 5.74) is 0.487. The molecule has 2 aromatic carbocycles. The van der Waals surface area contributed by atoms with Crippen LogP contribution in [0, 0.1) is 0 Å². The summed E-state index contributed by atoms with van der Waals surface area (Å²) in [7, 11) is -5.06. The summed E-state index contributed by atoms with van der Waals surface area (Å²) >= 11 is 0. The van der Waals surface area contributed by atoms with E-state index in [9.17, 15) is 12.6 Å². The molecule has 0 radical (unpaired) electrons. The van der Waals surface area contributed by atoms with Gasteiger partial charge in [-0.2, -0.15) is 0 Å². The Bertz CT molecular complexity index is 1010. The van der Waals surface area contributed by atoms with E-state index in [-0.39, 0.29) is 4.90 Å². The van der Waals surface area contributed by atoms with Gasteiger partial charge in [0.05, 0.1) is 20.6 Å². The van der Waals surface area contributed by atoms with Crippen LogP contribution in [0.2, 0.25) is 0 Å². The molecule has 6 heteroatoms. The number of nitrogens with one attached hydrogen (secondary N) is 1. The summed E-state index contributed by atoms with van der Waals surface area (Å²) in [6, 6.07) is 12.6. The van der Waals surface area contributed by atoms with Crippen molar-refractivity contribution < 1.29 is 12.6 Å². The lowest BCUT2D eigenvalue weighted by Gasteiger charge is -2.20. The molecule has 2 aromatic rings. The second-order valence-electron chi connectivity index (χ2n) is 6.91. The van der Waals surface area contributed by atoms with Crippen LogP contribution in [0.1, 0.15) is 27.2 Å². The molecule has 1 aliphatic carbocycles. The number of benzene rings is 2. The van der Waals surface area contributed by atoms with Crippen molar-refractivity contribution in [2.45, 2.75) is 36.8 Å². The SMILES string of the molecule is CC(C)(C)S(=O)C1=C(NS(=O)(=O)c2cccc3ccccc23)CC=C1. The van der Waals surface area contributed by atoms with Crippen molar-refractivity contribution in [3.8, 4) is 0 Å². The van der Waals surface area contributed by atoms with Crippen molar-refractivity contribution >= 4 is 31.6 Å². The van der Waals surface area contributed by atoms with Gasteiger partial charge in [0.1, 0.15) is 0 Å². The van der Waals surface area contributed by atoms with Crippen molar-refractivity contribution in [1.29, 1.82) is 0 Å². The predicted octanol–water partition coefficient (Wildman–Crippen LogP) is 3.84. The summed E-state index contributed by atoms with van der Waals surface area (Å²) in [4.78, 5) is 0.780. The summed E-state index contributed by atoms with van der Waals surface area (Å²) in [6.07, 6.45) is 4.02. The molecule has 0 heterocycles. The molecule has 1 aliphatic rings. The molecule has 0 amide bonds. The predicted molar refractivity (Wildman–Crippen MR) is 103 cm³/mol. The third kappa shape index (κ3) is 3.55. The number of sulfonamides is 1. The van der Waals surface area contributed by atoms with Gasteiger partial charge in [0.15, 0.2) is 0 Å². The van der Waals surface area contributed by atoms with E-state index in [0.29, 0.717) is 22.4 Å². The Balaban J connectivity index is 2.03. The molecule has 4 nitrogen and oxygen atoms in total. The number of fused-ring (bicyclic) bond motifs is 1. The highest BCUT2D eigenvalue weighted by Crippen LogP contribution is 2.29. The first-order chi connectivity index (χ1) is 11.7. The zero-order valence-electron chi connectivity index (χ0n) is 14.4. The molecule has 0 bridgehead atoms. The Morgan fingerprint density at radius 2 is 1.72 bits per heavy atom. The second kappa shape index (κ2) is 6.42. The van der Waals surface area contributed by atoms with Crippen molar-refractivity contribution in [1.82, 2.24) is 4.72 Å². The van der Waals surface area contributed by atoms with Crippen LogP contribution in [0.4, 0.5) is 0 Å². The fraction of sp³-hybridized carbons (Fsp3) is 0.263. The van der Waals surface area contributed by atoms with Gasteiger partial charge >= 0.3 is 0 Å². The smallest absolute Gasteiger partial charge is 0.262 e. The van der Waals surface area contributed by atoms with Gasteiger partial charge < -0.3 is 0 Å². The second-order valence-corrected chi connectivity index (χ2v) is 10.8. The maximum atomic E-state index is 12.9. The van der Waals surface area contributed by atoms with Crippen LogP contribution in [0.25, 0.3) is 10.8 Å². The molecule has 132 valence electrons. The Hall–Kier alpha value is -1.92. The molecule has 25 heavy (non-hydrogen) atoms. The number of hydrogen-bond donors (Lipinski definition) is 1. The summed E-state index contributed by atoms with van der Waals surface area (Å²) in [6.45, 7) is 5.62. The molecular weight excluding hydrogens is 354 g/mol. The summed E-state index contributed by atoms with van der Waals surface area (Å²) in [5.74, 6) is 0. The van der Waals surface area contributed by atoms with Crippen LogP contribution in [-0.4, -0.2) is 17.4 Å². The quantitative estimate of drug-likeness (QED) is 0.883. The van der Waals surface area contributed by atoms with Gasteiger partial charge in [-0.3, -0.25) is 8.93 Å². The van der Waals surface area contributed by atoms with E-state index in [1.54, 1.807) is 24.3 Å². The molecule has 0 aliphatic heterocycles. The van der Waals surface area contributed by atoms with Crippen LogP contribution in [0.15, 0.2) is 70.1 Å². The van der Waals surface area contributed by atoms with Gasteiger partial charge in [0, 0.05) is 22.3 Å². The Labute approximate surface area is 151 Å². The minimum Gasteiger partial charge on any atom is -0.282 e. The molecule has 0 fully saturated rings. The Morgan fingerprint density at radius 1 is 1.04 bits per heavy atom. The normalized spacial score (nSPS) is 16.4. The fourth-order valence-electron chi connectivity index (χ4n) is 2.73. The van der Waals surface area contributed by atoms with E-state index >= 15 is 0 Å². The maximum absolute atomic E-state index is 12.9. The maximum Gasteiger partial charge on any atom is 0.262 e. The lowest BCUT2D eigenvalue weighted by atomic mass is 10.1. The minimum absolute atomic E-state index is 0.228. The highest BCUT2D eigenvalue weighted by molar-refractivity contribution is 7.91. The first-order valence-corrected chi connectivity index (χ1v) is 10.7. The van der Waals surface area contributed by atoms with Crippen molar-refractivity contribution in [3.05, 3.63) is 65.2 Å². The first kappa shape index (κ1) is 17.9. The van der Waals surface area contributed by atoms with E-state index < -0.39 is 25.6 Å². The van der Waals surface area contributed by atoms with Gasteiger partial charge in [0.25, 0.3) is 10.0 Å². The molecule has 1 N–H and O–H groups in total.